The summed E-state index contributed by atoms with van der Waals surface area (Å²) >= 11 is 0. The second kappa shape index (κ2) is 18.0. The Morgan fingerprint density at radius 2 is 1.55 bits per heavy atom. The maximum Gasteiger partial charge on any atom is 0.335 e. The zero-order chi connectivity index (χ0) is 27.6. The van der Waals surface area contributed by atoms with Crippen molar-refractivity contribution in [2.45, 2.75) is 104 Å². The van der Waals surface area contributed by atoms with Crippen LogP contribution in [0.1, 0.15) is 107 Å². The fourth-order valence-corrected chi connectivity index (χ4v) is 3.81. The van der Waals surface area contributed by atoms with Crippen LogP contribution in [0.2, 0.25) is 0 Å². The third kappa shape index (κ3) is 11.8. The normalized spacial score (nSPS) is 11.7. The Kier molecular flexibility index (Phi) is 14.6. The van der Waals surface area contributed by atoms with E-state index >= 15 is 0 Å². The number of amides is 2. The van der Waals surface area contributed by atoms with Gasteiger partial charge in [-0.2, -0.15) is 0 Å². The van der Waals surface area contributed by atoms with E-state index in [1.807, 2.05) is 0 Å². The van der Waals surface area contributed by atoms with Crippen molar-refractivity contribution >= 4 is 17.8 Å². The van der Waals surface area contributed by atoms with Gasteiger partial charge in [-0.3, -0.25) is 9.59 Å². The number of carbonyl (C=O) groups excluding carboxylic acids is 2. The first-order valence-corrected chi connectivity index (χ1v) is 13.8. The maximum absolute atomic E-state index is 12.8. The summed E-state index contributed by atoms with van der Waals surface area (Å²) < 4.78 is 5.71. The number of rotatable bonds is 20. The largest absolute Gasteiger partial charge is 0.478 e. The predicted octanol–water partition coefficient (Wildman–Crippen LogP) is 4.16. The molecule has 3 N–H and O–H groups in total. The Bertz CT molecular complexity index is 979. The molecule has 0 spiro atoms. The molecular formula is C27H42N6O5. The third-order valence-corrected chi connectivity index (χ3v) is 6.05. The Labute approximate surface area is 224 Å². The summed E-state index contributed by atoms with van der Waals surface area (Å²) in [5.74, 6) is -1.46. The highest BCUT2D eigenvalue weighted by atomic mass is 16.5. The molecule has 0 saturated carbocycles. The van der Waals surface area contributed by atoms with Gasteiger partial charge in [0.2, 0.25) is 18.0 Å². The minimum atomic E-state index is -1.17. The second-order valence-electron chi connectivity index (χ2n) is 9.33. The Hall–Kier alpha value is -3.34. The number of carboxylic acid groups (broad SMARTS) is 1. The number of nitrogens with one attached hydrogen (secondary N) is 2. The highest BCUT2D eigenvalue weighted by Crippen LogP contribution is 2.10. The van der Waals surface area contributed by atoms with Crippen LogP contribution >= 0.6 is 0 Å². The molecule has 0 aliphatic carbocycles. The number of carbonyl (C=O) groups is 3. The molecule has 2 aromatic rings. The molecule has 0 fully saturated rings. The van der Waals surface area contributed by atoms with E-state index in [2.05, 4.69) is 39.9 Å². The lowest BCUT2D eigenvalue weighted by molar-refractivity contribution is -0.142. The van der Waals surface area contributed by atoms with Gasteiger partial charge in [0.1, 0.15) is 6.61 Å². The van der Waals surface area contributed by atoms with Gasteiger partial charge in [0, 0.05) is 13.0 Å². The van der Waals surface area contributed by atoms with Gasteiger partial charge in [0.05, 0.1) is 11.3 Å². The number of hydrogen-bond donors (Lipinski definition) is 3. The summed E-state index contributed by atoms with van der Waals surface area (Å²) in [7, 11) is 0. The lowest BCUT2D eigenvalue weighted by Gasteiger charge is -2.18. The quantitative estimate of drug-likeness (QED) is 0.171. The van der Waals surface area contributed by atoms with Crippen LogP contribution in [0.5, 0.6) is 0 Å². The van der Waals surface area contributed by atoms with Crippen molar-refractivity contribution in [2.24, 2.45) is 0 Å². The molecule has 0 aliphatic heterocycles. The van der Waals surface area contributed by atoms with Crippen LogP contribution in [0.4, 0.5) is 0 Å². The van der Waals surface area contributed by atoms with Gasteiger partial charge < -0.3 is 20.5 Å². The minimum absolute atomic E-state index is 0.140. The number of benzene rings is 1. The van der Waals surface area contributed by atoms with Gasteiger partial charge in [-0.25, -0.2) is 4.79 Å². The molecule has 1 aromatic carbocycles. The van der Waals surface area contributed by atoms with Crippen molar-refractivity contribution in [3.63, 3.8) is 0 Å². The van der Waals surface area contributed by atoms with E-state index in [1.165, 1.54) is 42.6 Å². The monoisotopic (exact) mass is 530 g/mol. The standard InChI is InChI=1S/C27H42N6O5/c1-3-5-7-9-10-11-12-14-24(34)29-26(25(35)28-19-13-8-6-4-2)38-20-23-30-32-33(31-23)22-17-15-21(16-18-22)27(36)37/h15-18,26H,3-14,19-20H2,1-2H3,(H,28,35)(H,29,34)(H,36,37). The average molecular weight is 531 g/mol. The van der Waals surface area contributed by atoms with Gasteiger partial charge >= 0.3 is 5.97 Å². The van der Waals surface area contributed by atoms with Crippen molar-refractivity contribution < 1.29 is 24.2 Å². The number of unbranched alkanes of at least 4 members (excludes halogenated alkanes) is 9. The fraction of sp³-hybridized carbons (Fsp3) is 0.630. The van der Waals surface area contributed by atoms with Crippen LogP contribution in [0.15, 0.2) is 24.3 Å². The van der Waals surface area contributed by atoms with Gasteiger partial charge in [-0.15, -0.1) is 15.0 Å². The molecule has 0 saturated heterocycles. The number of tetrazole rings is 1. The summed E-state index contributed by atoms with van der Waals surface area (Å²) in [5, 5.41) is 26.7. The summed E-state index contributed by atoms with van der Waals surface area (Å²) in [6, 6.07) is 6.01. The molecule has 11 heteroatoms. The predicted molar refractivity (Wildman–Crippen MR) is 143 cm³/mol. The van der Waals surface area contributed by atoms with Crippen molar-refractivity contribution in [3.05, 3.63) is 35.7 Å². The lowest BCUT2D eigenvalue weighted by atomic mass is 10.1. The Morgan fingerprint density at radius 3 is 2.21 bits per heavy atom. The first kappa shape index (κ1) is 30.9. The van der Waals surface area contributed by atoms with E-state index < -0.39 is 18.1 Å². The molecule has 0 aliphatic rings. The minimum Gasteiger partial charge on any atom is -0.478 e. The highest BCUT2D eigenvalue weighted by Gasteiger charge is 2.22. The van der Waals surface area contributed by atoms with Crippen molar-refractivity contribution in [1.82, 2.24) is 30.8 Å². The molecule has 1 atom stereocenters. The number of aromatic nitrogens is 4. The number of nitrogens with zero attached hydrogens (tertiary/aromatic N) is 4. The lowest BCUT2D eigenvalue weighted by Crippen LogP contribution is -2.48. The first-order chi connectivity index (χ1) is 18.4. The molecule has 0 radical (unpaired) electrons. The number of hydrogen-bond acceptors (Lipinski definition) is 7. The summed E-state index contributed by atoms with van der Waals surface area (Å²) in [5.41, 5.74) is 0.673. The van der Waals surface area contributed by atoms with E-state index in [1.54, 1.807) is 12.1 Å². The van der Waals surface area contributed by atoms with E-state index in [9.17, 15) is 14.4 Å². The molecule has 38 heavy (non-hydrogen) atoms. The number of carboxylic acids is 1. The topological polar surface area (TPSA) is 148 Å². The molecular weight excluding hydrogens is 488 g/mol. The molecule has 2 amide bonds. The van der Waals surface area contributed by atoms with Crippen LogP contribution in [0.25, 0.3) is 5.69 Å². The average Bonchev–Trinajstić information content (AvgIpc) is 3.39. The van der Waals surface area contributed by atoms with Crippen LogP contribution in [-0.4, -0.2) is 55.9 Å². The molecule has 11 nitrogen and oxygen atoms in total. The molecule has 2 rings (SSSR count). The maximum atomic E-state index is 12.8. The van der Waals surface area contributed by atoms with E-state index in [-0.39, 0.29) is 23.9 Å². The van der Waals surface area contributed by atoms with Crippen LogP contribution < -0.4 is 10.6 Å². The van der Waals surface area contributed by atoms with Crippen molar-refractivity contribution in [3.8, 4) is 5.69 Å². The van der Waals surface area contributed by atoms with Gasteiger partial charge in [0.15, 0.2) is 0 Å². The molecule has 1 aromatic heterocycles. The van der Waals surface area contributed by atoms with Gasteiger partial charge in [-0.1, -0.05) is 71.6 Å². The molecule has 1 heterocycles. The van der Waals surface area contributed by atoms with Crippen molar-refractivity contribution in [1.29, 1.82) is 0 Å². The fourth-order valence-electron chi connectivity index (χ4n) is 3.81. The van der Waals surface area contributed by atoms with Crippen molar-refractivity contribution in [2.75, 3.05) is 6.54 Å². The first-order valence-electron chi connectivity index (χ1n) is 13.8. The smallest absolute Gasteiger partial charge is 0.335 e. The second-order valence-corrected chi connectivity index (χ2v) is 9.33. The van der Waals surface area contributed by atoms with Crippen LogP contribution in [0, 0.1) is 0 Å². The Balaban J connectivity index is 1.89. The van der Waals surface area contributed by atoms with Gasteiger partial charge in [-0.05, 0) is 42.3 Å². The zero-order valence-electron chi connectivity index (χ0n) is 22.7. The van der Waals surface area contributed by atoms with Gasteiger partial charge in [0.25, 0.3) is 5.91 Å². The third-order valence-electron chi connectivity index (χ3n) is 6.05. The number of aromatic carboxylic acids is 1. The summed E-state index contributed by atoms with van der Waals surface area (Å²) in [6.07, 6.45) is 10.9. The van der Waals surface area contributed by atoms with E-state index in [0.29, 0.717) is 18.7 Å². The summed E-state index contributed by atoms with van der Waals surface area (Å²) in [6.45, 7) is 4.67. The SMILES string of the molecule is CCCCCCCCCC(=O)NC(OCc1nnn(-c2ccc(C(=O)O)cc2)n1)C(=O)NCCCCCC. The summed E-state index contributed by atoms with van der Waals surface area (Å²) in [4.78, 5) is 37.6. The van der Waals surface area contributed by atoms with E-state index in [4.69, 9.17) is 9.84 Å². The van der Waals surface area contributed by atoms with E-state index in [0.717, 1.165) is 44.9 Å². The Morgan fingerprint density at radius 1 is 0.921 bits per heavy atom. The number of ether oxygens (including phenoxy) is 1. The zero-order valence-corrected chi connectivity index (χ0v) is 22.7. The molecule has 210 valence electrons. The molecule has 0 bridgehead atoms. The molecule has 1 unspecified atom stereocenters. The van der Waals surface area contributed by atoms with Crippen LogP contribution in [-0.2, 0) is 20.9 Å². The highest BCUT2D eigenvalue weighted by molar-refractivity contribution is 5.87. The van der Waals surface area contributed by atoms with Crippen LogP contribution in [0.3, 0.4) is 0 Å².